The molecule has 0 aliphatic rings. The van der Waals surface area contributed by atoms with Gasteiger partial charge < -0.3 is 19.3 Å². The monoisotopic (exact) mass is 212 g/mol. The van der Waals surface area contributed by atoms with Crippen molar-refractivity contribution in [2.75, 3.05) is 20.8 Å². The predicted octanol–water partition coefficient (Wildman–Crippen LogP) is 1.46. The van der Waals surface area contributed by atoms with Crippen molar-refractivity contribution in [1.29, 1.82) is 0 Å². The van der Waals surface area contributed by atoms with E-state index < -0.39 is 6.10 Å². The number of aliphatic hydroxyl groups excluding tert-OH is 1. The van der Waals surface area contributed by atoms with E-state index in [4.69, 9.17) is 19.3 Å². The van der Waals surface area contributed by atoms with Gasteiger partial charge in [0, 0.05) is 18.2 Å². The van der Waals surface area contributed by atoms with Crippen LogP contribution < -0.4 is 14.2 Å². The molecule has 0 aromatic heterocycles. The predicted molar refractivity (Wildman–Crippen MR) is 56.7 cm³/mol. The van der Waals surface area contributed by atoms with Crippen LogP contribution in [0.2, 0.25) is 0 Å². The molecule has 1 atom stereocenters. The summed E-state index contributed by atoms with van der Waals surface area (Å²) in [6.45, 7) is 1.91. The van der Waals surface area contributed by atoms with Gasteiger partial charge in [0.15, 0.2) is 0 Å². The van der Waals surface area contributed by atoms with Crippen LogP contribution in [-0.4, -0.2) is 32.0 Å². The summed E-state index contributed by atoms with van der Waals surface area (Å²) in [7, 11) is 3.15. The number of aliphatic hydroxyl groups is 1. The molecule has 0 aliphatic heterocycles. The first-order valence-corrected chi connectivity index (χ1v) is 4.69. The molecule has 0 aliphatic carbocycles. The summed E-state index contributed by atoms with van der Waals surface area (Å²) in [4.78, 5) is 0. The minimum Gasteiger partial charge on any atom is -0.496 e. The van der Waals surface area contributed by atoms with E-state index >= 15 is 0 Å². The third-order valence-corrected chi connectivity index (χ3v) is 1.82. The highest BCUT2D eigenvalue weighted by Crippen LogP contribution is 2.27. The van der Waals surface area contributed by atoms with E-state index in [1.165, 1.54) is 0 Å². The Kier molecular flexibility index (Phi) is 4.24. The molecular weight excluding hydrogens is 196 g/mol. The summed E-state index contributed by atoms with van der Waals surface area (Å²) < 4.78 is 15.5. The van der Waals surface area contributed by atoms with Crippen LogP contribution in [0.4, 0.5) is 0 Å². The average Bonchev–Trinajstić information content (AvgIpc) is 2.25. The highest BCUT2D eigenvalue weighted by molar-refractivity contribution is 5.41. The lowest BCUT2D eigenvalue weighted by Gasteiger charge is -2.11. The number of ether oxygens (including phenoxy) is 3. The van der Waals surface area contributed by atoms with Gasteiger partial charge in [-0.2, -0.15) is 0 Å². The zero-order chi connectivity index (χ0) is 11.3. The first-order valence-electron chi connectivity index (χ1n) is 4.69. The molecule has 1 aromatic rings. The molecule has 0 bridgehead atoms. The van der Waals surface area contributed by atoms with Gasteiger partial charge >= 0.3 is 0 Å². The molecule has 0 saturated heterocycles. The summed E-state index contributed by atoms with van der Waals surface area (Å²) in [6, 6.07) is 5.24. The first kappa shape index (κ1) is 11.7. The molecule has 84 valence electrons. The first-order chi connectivity index (χ1) is 7.15. The Hall–Kier alpha value is -1.42. The van der Waals surface area contributed by atoms with E-state index in [1.807, 2.05) is 0 Å². The second-order valence-electron chi connectivity index (χ2n) is 3.21. The van der Waals surface area contributed by atoms with Crippen molar-refractivity contribution in [1.82, 2.24) is 0 Å². The van der Waals surface area contributed by atoms with Gasteiger partial charge in [0.1, 0.15) is 23.9 Å². The van der Waals surface area contributed by atoms with Gasteiger partial charge in [-0.3, -0.25) is 0 Å². The van der Waals surface area contributed by atoms with Crippen LogP contribution >= 0.6 is 0 Å². The molecule has 0 radical (unpaired) electrons. The highest BCUT2D eigenvalue weighted by atomic mass is 16.5. The van der Waals surface area contributed by atoms with E-state index in [0.29, 0.717) is 17.2 Å². The van der Waals surface area contributed by atoms with Crippen molar-refractivity contribution in [3.05, 3.63) is 18.2 Å². The Morgan fingerprint density at radius 2 is 1.53 bits per heavy atom. The number of hydrogen-bond donors (Lipinski definition) is 1. The van der Waals surface area contributed by atoms with Crippen molar-refractivity contribution in [2.24, 2.45) is 0 Å². The molecule has 15 heavy (non-hydrogen) atoms. The average molecular weight is 212 g/mol. The quantitative estimate of drug-likeness (QED) is 0.802. The molecule has 0 amide bonds. The zero-order valence-electron chi connectivity index (χ0n) is 9.19. The van der Waals surface area contributed by atoms with E-state index in [2.05, 4.69) is 0 Å². The Morgan fingerprint density at radius 1 is 1.07 bits per heavy atom. The lowest BCUT2D eigenvalue weighted by Crippen LogP contribution is -2.12. The zero-order valence-corrected chi connectivity index (χ0v) is 9.19. The normalized spacial score (nSPS) is 12.0. The van der Waals surface area contributed by atoms with Gasteiger partial charge in [0.05, 0.1) is 20.3 Å². The van der Waals surface area contributed by atoms with Crippen molar-refractivity contribution in [2.45, 2.75) is 13.0 Å². The van der Waals surface area contributed by atoms with E-state index in [1.54, 1.807) is 39.3 Å². The van der Waals surface area contributed by atoms with Crippen molar-refractivity contribution in [3.8, 4) is 17.2 Å². The molecule has 4 heteroatoms. The lowest BCUT2D eigenvalue weighted by molar-refractivity contribution is 0.122. The van der Waals surface area contributed by atoms with Gasteiger partial charge in [-0.25, -0.2) is 0 Å². The number of methoxy groups -OCH3 is 2. The van der Waals surface area contributed by atoms with Crippen LogP contribution in [-0.2, 0) is 0 Å². The summed E-state index contributed by atoms with van der Waals surface area (Å²) >= 11 is 0. The number of benzene rings is 1. The fraction of sp³-hybridized carbons (Fsp3) is 0.455. The maximum atomic E-state index is 9.08. The van der Waals surface area contributed by atoms with Gasteiger partial charge in [-0.15, -0.1) is 0 Å². The molecule has 0 saturated carbocycles. The van der Waals surface area contributed by atoms with Crippen LogP contribution in [0.25, 0.3) is 0 Å². The molecule has 1 N–H and O–H groups in total. The maximum Gasteiger partial charge on any atom is 0.126 e. The van der Waals surface area contributed by atoms with Crippen LogP contribution in [0, 0.1) is 0 Å². The summed E-state index contributed by atoms with van der Waals surface area (Å²) in [5.74, 6) is 1.94. The van der Waals surface area contributed by atoms with Gasteiger partial charge in [0.2, 0.25) is 0 Å². The second kappa shape index (κ2) is 5.46. The third kappa shape index (κ3) is 3.67. The van der Waals surface area contributed by atoms with Crippen molar-refractivity contribution in [3.63, 3.8) is 0 Å². The van der Waals surface area contributed by atoms with E-state index in [9.17, 15) is 0 Å². The van der Waals surface area contributed by atoms with Crippen LogP contribution in [0.5, 0.6) is 17.2 Å². The minimum atomic E-state index is -0.498. The van der Waals surface area contributed by atoms with Gasteiger partial charge in [-0.1, -0.05) is 0 Å². The number of rotatable bonds is 5. The Bertz CT molecular complexity index is 287. The molecule has 0 heterocycles. The van der Waals surface area contributed by atoms with Gasteiger partial charge in [0.25, 0.3) is 0 Å². The standard InChI is InChI=1S/C11H16O4/c1-8(12)7-15-11-5-9(13-2)4-10(6-11)14-3/h4-6,8,12H,7H2,1-3H3/t8-/m0/s1. The highest BCUT2D eigenvalue weighted by Gasteiger charge is 2.03. The Labute approximate surface area is 89.4 Å². The summed E-state index contributed by atoms with van der Waals surface area (Å²) in [5, 5.41) is 9.08. The SMILES string of the molecule is COc1cc(OC)cc(OC[C@H](C)O)c1. The fourth-order valence-corrected chi connectivity index (χ4v) is 1.08. The topological polar surface area (TPSA) is 47.9 Å². The largest absolute Gasteiger partial charge is 0.496 e. The van der Waals surface area contributed by atoms with Crippen LogP contribution in [0.3, 0.4) is 0 Å². The lowest BCUT2D eigenvalue weighted by atomic mass is 10.3. The van der Waals surface area contributed by atoms with Crippen molar-refractivity contribution < 1.29 is 19.3 Å². The fourth-order valence-electron chi connectivity index (χ4n) is 1.08. The molecule has 1 rings (SSSR count). The molecular formula is C11H16O4. The Balaban J connectivity index is 2.77. The minimum absolute atomic E-state index is 0.246. The molecule has 4 nitrogen and oxygen atoms in total. The molecule has 0 fully saturated rings. The summed E-state index contributed by atoms with van der Waals surface area (Å²) in [5.41, 5.74) is 0. The molecule has 0 spiro atoms. The molecule has 1 aromatic carbocycles. The third-order valence-electron chi connectivity index (χ3n) is 1.82. The van der Waals surface area contributed by atoms with Crippen LogP contribution in [0.15, 0.2) is 18.2 Å². The summed E-state index contributed by atoms with van der Waals surface area (Å²) in [6.07, 6.45) is -0.498. The smallest absolute Gasteiger partial charge is 0.126 e. The Morgan fingerprint density at radius 3 is 1.93 bits per heavy atom. The molecule has 0 unspecified atom stereocenters. The second-order valence-corrected chi connectivity index (χ2v) is 3.21. The van der Waals surface area contributed by atoms with Crippen molar-refractivity contribution >= 4 is 0 Å². The maximum absolute atomic E-state index is 9.08. The number of hydrogen-bond acceptors (Lipinski definition) is 4. The van der Waals surface area contributed by atoms with Gasteiger partial charge in [-0.05, 0) is 6.92 Å². The van der Waals surface area contributed by atoms with E-state index in [0.717, 1.165) is 0 Å². The van der Waals surface area contributed by atoms with Crippen LogP contribution in [0.1, 0.15) is 6.92 Å². The van der Waals surface area contributed by atoms with E-state index in [-0.39, 0.29) is 6.61 Å².